The third kappa shape index (κ3) is 5.20. The predicted octanol–water partition coefficient (Wildman–Crippen LogP) is 3.40. The number of hydrogen-bond acceptors (Lipinski definition) is 7. The van der Waals surface area contributed by atoms with Crippen molar-refractivity contribution in [1.29, 1.82) is 0 Å². The van der Waals surface area contributed by atoms with Gasteiger partial charge >= 0.3 is 0 Å². The highest BCUT2D eigenvalue weighted by Gasteiger charge is 2.44. The molecule has 2 aliphatic heterocycles. The fraction of sp³-hybridized carbons (Fsp3) is 0.593. The number of aliphatic hydroxyl groups is 1. The van der Waals surface area contributed by atoms with Crippen LogP contribution < -0.4 is 4.90 Å². The maximum Gasteiger partial charge on any atom is 0.253 e. The van der Waals surface area contributed by atoms with Crippen LogP contribution in [-0.4, -0.2) is 77.5 Å². The first-order chi connectivity index (χ1) is 17.0. The lowest BCUT2D eigenvalue weighted by molar-refractivity contribution is -0.145. The first-order valence-corrected chi connectivity index (χ1v) is 12.8. The van der Waals surface area contributed by atoms with Crippen LogP contribution in [0.25, 0.3) is 0 Å². The smallest absolute Gasteiger partial charge is 0.253 e. The Morgan fingerprint density at radius 1 is 1.11 bits per heavy atom. The molecule has 8 heteroatoms. The number of aromatic nitrogens is 2. The molecule has 190 valence electrons. The third-order valence-corrected chi connectivity index (χ3v) is 7.82. The summed E-state index contributed by atoms with van der Waals surface area (Å²) < 4.78 is 11.9. The number of benzene rings is 1. The van der Waals surface area contributed by atoms with Gasteiger partial charge in [-0.25, -0.2) is 9.97 Å². The Hall–Kier alpha value is -2.55. The van der Waals surface area contributed by atoms with Gasteiger partial charge in [-0.3, -0.25) is 4.79 Å². The standard InChI is InChI=1S/C27H36N4O4.H2/c1-34-19-23-18-31(25-28-14-5-15-29-25)20-26(35-23)12-16-30(17-13-26)24(32)21-6-8-22(9-7-21)27(33)10-3-2-4-11-27;/h5-9,14-15,23,33H,2-4,10-13,16-20H2,1H3;1H. The van der Waals surface area contributed by atoms with E-state index in [0.717, 1.165) is 44.1 Å². The Morgan fingerprint density at radius 3 is 2.46 bits per heavy atom. The van der Waals surface area contributed by atoms with Crippen LogP contribution >= 0.6 is 0 Å². The second-order valence-corrected chi connectivity index (χ2v) is 10.3. The molecule has 0 radical (unpaired) electrons. The number of ether oxygens (including phenoxy) is 2. The minimum atomic E-state index is -0.747. The maximum absolute atomic E-state index is 13.3. The van der Waals surface area contributed by atoms with Gasteiger partial charge in [-0.2, -0.15) is 0 Å². The second-order valence-electron chi connectivity index (χ2n) is 10.3. The lowest BCUT2D eigenvalue weighted by Crippen LogP contribution is -2.61. The van der Waals surface area contributed by atoms with E-state index in [1.165, 1.54) is 6.42 Å². The lowest BCUT2D eigenvalue weighted by atomic mass is 9.79. The van der Waals surface area contributed by atoms with E-state index in [-0.39, 0.29) is 19.0 Å². The number of hydrogen-bond donors (Lipinski definition) is 1. The Labute approximate surface area is 208 Å². The normalized spacial score (nSPS) is 23.9. The second kappa shape index (κ2) is 10.2. The first-order valence-electron chi connectivity index (χ1n) is 12.8. The van der Waals surface area contributed by atoms with E-state index in [0.29, 0.717) is 44.3 Å². The molecular formula is C27H38N4O4. The van der Waals surface area contributed by atoms with Gasteiger partial charge in [0, 0.05) is 46.1 Å². The SMILES string of the molecule is COCC1CN(c2ncccn2)CC2(CCN(C(=O)c3ccc(C4(O)CCCCC4)cc3)CC2)O1.[HH]. The largest absolute Gasteiger partial charge is 0.385 e. The minimum Gasteiger partial charge on any atom is -0.385 e. The van der Waals surface area contributed by atoms with Crippen LogP contribution in [0.3, 0.4) is 0 Å². The van der Waals surface area contributed by atoms with E-state index in [9.17, 15) is 9.90 Å². The molecule has 1 aromatic heterocycles. The van der Waals surface area contributed by atoms with Crippen molar-refractivity contribution in [2.45, 2.75) is 62.3 Å². The van der Waals surface area contributed by atoms with Gasteiger partial charge in [-0.1, -0.05) is 31.4 Å². The van der Waals surface area contributed by atoms with Crippen molar-refractivity contribution in [2.75, 3.05) is 44.8 Å². The first kappa shape index (κ1) is 24.2. The van der Waals surface area contributed by atoms with Gasteiger partial charge in [0.2, 0.25) is 5.95 Å². The number of amides is 1. The quantitative estimate of drug-likeness (QED) is 0.699. The van der Waals surface area contributed by atoms with E-state index in [1.54, 1.807) is 19.5 Å². The van der Waals surface area contributed by atoms with Gasteiger partial charge in [0.25, 0.3) is 5.91 Å². The molecule has 1 amide bonds. The molecule has 3 heterocycles. The van der Waals surface area contributed by atoms with E-state index >= 15 is 0 Å². The number of anilines is 1. The summed E-state index contributed by atoms with van der Waals surface area (Å²) in [6.07, 6.45) is 9.82. The van der Waals surface area contributed by atoms with Gasteiger partial charge in [0.05, 0.1) is 30.5 Å². The summed E-state index contributed by atoms with van der Waals surface area (Å²) in [7, 11) is 1.69. The van der Waals surface area contributed by atoms with Crippen molar-refractivity contribution in [3.63, 3.8) is 0 Å². The van der Waals surface area contributed by atoms with Crippen molar-refractivity contribution in [2.24, 2.45) is 0 Å². The Balaban J connectivity index is 0.00000304. The van der Waals surface area contributed by atoms with Crippen molar-refractivity contribution in [3.05, 3.63) is 53.9 Å². The molecule has 2 aromatic rings. The summed E-state index contributed by atoms with van der Waals surface area (Å²) in [5, 5.41) is 11.0. The van der Waals surface area contributed by atoms with Gasteiger partial charge < -0.3 is 24.4 Å². The highest BCUT2D eigenvalue weighted by Crippen LogP contribution is 2.37. The molecule has 0 bridgehead atoms. The molecule has 1 saturated carbocycles. The summed E-state index contributed by atoms with van der Waals surface area (Å²) in [6, 6.07) is 9.42. The van der Waals surface area contributed by atoms with Crippen LogP contribution in [0, 0.1) is 0 Å². The van der Waals surface area contributed by atoms with Gasteiger partial charge in [0.15, 0.2) is 0 Å². The number of carbonyl (C=O) groups is 1. The Morgan fingerprint density at radius 2 is 1.80 bits per heavy atom. The molecule has 1 spiro atoms. The zero-order valence-electron chi connectivity index (χ0n) is 20.6. The number of likely N-dealkylation sites (tertiary alicyclic amines) is 1. The van der Waals surface area contributed by atoms with Crippen LogP contribution in [-0.2, 0) is 15.1 Å². The fourth-order valence-electron chi connectivity index (χ4n) is 5.89. The molecular weight excluding hydrogens is 444 g/mol. The van der Waals surface area contributed by atoms with Crippen molar-refractivity contribution < 1.29 is 20.8 Å². The van der Waals surface area contributed by atoms with Gasteiger partial charge in [-0.05, 0) is 49.4 Å². The number of morpholine rings is 1. The lowest BCUT2D eigenvalue weighted by Gasteiger charge is -2.49. The number of methoxy groups -OCH3 is 1. The Bertz CT molecular complexity index is 993. The van der Waals surface area contributed by atoms with Gasteiger partial charge in [-0.15, -0.1) is 0 Å². The third-order valence-electron chi connectivity index (χ3n) is 7.82. The molecule has 8 nitrogen and oxygen atoms in total. The van der Waals surface area contributed by atoms with Crippen molar-refractivity contribution >= 4 is 11.9 Å². The highest BCUT2D eigenvalue weighted by atomic mass is 16.5. The number of piperidine rings is 1. The van der Waals surface area contributed by atoms with E-state index in [4.69, 9.17) is 9.47 Å². The summed E-state index contributed by atoms with van der Waals surface area (Å²) >= 11 is 0. The molecule has 3 fully saturated rings. The summed E-state index contributed by atoms with van der Waals surface area (Å²) in [6.45, 7) is 3.15. The summed E-state index contributed by atoms with van der Waals surface area (Å²) in [5.41, 5.74) is 0.494. The average Bonchev–Trinajstić information content (AvgIpc) is 2.90. The summed E-state index contributed by atoms with van der Waals surface area (Å²) in [5.74, 6) is 0.740. The fourth-order valence-corrected chi connectivity index (χ4v) is 5.89. The van der Waals surface area contributed by atoms with E-state index in [2.05, 4.69) is 14.9 Å². The van der Waals surface area contributed by atoms with Crippen molar-refractivity contribution in [1.82, 2.24) is 14.9 Å². The number of rotatable bonds is 5. The number of carbonyl (C=O) groups excluding carboxylic acids is 1. The maximum atomic E-state index is 13.3. The topological polar surface area (TPSA) is 88.0 Å². The molecule has 1 aromatic carbocycles. The minimum absolute atomic E-state index is 0. The van der Waals surface area contributed by atoms with Crippen molar-refractivity contribution in [3.8, 4) is 0 Å². The van der Waals surface area contributed by atoms with Crippen LogP contribution in [0.1, 0.15) is 62.3 Å². The molecule has 3 aliphatic rings. The van der Waals surface area contributed by atoms with E-state index in [1.807, 2.05) is 35.2 Å². The van der Waals surface area contributed by atoms with Crippen LogP contribution in [0.4, 0.5) is 5.95 Å². The van der Waals surface area contributed by atoms with Crippen LogP contribution in [0.15, 0.2) is 42.7 Å². The molecule has 5 rings (SSSR count). The monoisotopic (exact) mass is 482 g/mol. The highest BCUT2D eigenvalue weighted by molar-refractivity contribution is 5.94. The molecule has 1 aliphatic carbocycles. The van der Waals surface area contributed by atoms with E-state index < -0.39 is 5.60 Å². The predicted molar refractivity (Wildman–Crippen MR) is 134 cm³/mol. The average molecular weight is 483 g/mol. The van der Waals surface area contributed by atoms with Crippen LogP contribution in [0.2, 0.25) is 0 Å². The summed E-state index contributed by atoms with van der Waals surface area (Å²) in [4.78, 5) is 26.2. The van der Waals surface area contributed by atoms with Gasteiger partial charge in [0.1, 0.15) is 0 Å². The Kier molecular flexibility index (Phi) is 7.05. The zero-order valence-corrected chi connectivity index (χ0v) is 20.6. The van der Waals surface area contributed by atoms with Crippen LogP contribution in [0.5, 0.6) is 0 Å². The molecule has 1 N–H and O–H groups in total. The molecule has 35 heavy (non-hydrogen) atoms. The molecule has 2 saturated heterocycles. The zero-order chi connectivity index (χ0) is 24.3. The molecule has 1 unspecified atom stereocenters. The number of nitrogens with zero attached hydrogens (tertiary/aromatic N) is 4. The molecule has 1 atom stereocenters.